The lowest BCUT2D eigenvalue weighted by Gasteiger charge is -2.44. The van der Waals surface area contributed by atoms with Crippen molar-refractivity contribution in [3.05, 3.63) is 23.3 Å². The van der Waals surface area contributed by atoms with Gasteiger partial charge < -0.3 is 24.2 Å². The number of anilines is 1. The summed E-state index contributed by atoms with van der Waals surface area (Å²) in [4.78, 5) is 16.9. The van der Waals surface area contributed by atoms with E-state index in [-0.39, 0.29) is 6.10 Å². The summed E-state index contributed by atoms with van der Waals surface area (Å²) in [7, 11) is 0. The first-order valence-corrected chi connectivity index (χ1v) is 12.3. The van der Waals surface area contributed by atoms with Gasteiger partial charge >= 0.3 is 5.97 Å². The summed E-state index contributed by atoms with van der Waals surface area (Å²) in [5.74, 6) is -0.209. The van der Waals surface area contributed by atoms with Gasteiger partial charge in [-0.1, -0.05) is 0 Å². The highest BCUT2D eigenvalue weighted by atomic mass is 16.5. The molecule has 0 spiro atoms. The van der Waals surface area contributed by atoms with Gasteiger partial charge in [0.2, 0.25) is 0 Å². The van der Waals surface area contributed by atoms with Crippen LogP contribution in [0.4, 0.5) is 5.69 Å². The van der Waals surface area contributed by atoms with Crippen LogP contribution in [0.15, 0.2) is 12.1 Å². The Labute approximate surface area is 190 Å². The maximum atomic E-state index is 12.0. The predicted octanol–water partition coefficient (Wildman–Crippen LogP) is 3.47. The SMILES string of the molecule is CCN(c1cc(OC2CC(N3CCOCC3)C2)cc(C(=O)O)c1C)C1CC2CCC(C1)O2. The molecule has 0 radical (unpaired) electrons. The molecule has 176 valence electrons. The van der Waals surface area contributed by atoms with E-state index in [2.05, 4.69) is 22.8 Å². The van der Waals surface area contributed by atoms with Gasteiger partial charge in [0, 0.05) is 56.3 Å². The van der Waals surface area contributed by atoms with Crippen molar-refractivity contribution in [2.45, 2.75) is 82.8 Å². The standard InChI is InChI=1S/C25H36N2O5/c1-3-27(18-12-19-4-5-20(13-18)31-19)24-15-22(14-23(16(24)2)25(28)29)32-21-10-17(11-21)26-6-8-30-9-7-26/h14-15,17-21H,3-13H2,1-2H3,(H,28,29). The number of hydrogen-bond donors (Lipinski definition) is 1. The number of carboxylic acid groups (broad SMARTS) is 1. The van der Waals surface area contributed by atoms with Gasteiger partial charge in [-0.15, -0.1) is 0 Å². The predicted molar refractivity (Wildman–Crippen MR) is 122 cm³/mol. The Morgan fingerprint density at radius 2 is 1.84 bits per heavy atom. The lowest BCUT2D eigenvalue weighted by Crippen LogP contribution is -2.52. The molecule has 2 atom stereocenters. The van der Waals surface area contributed by atoms with Crippen molar-refractivity contribution in [3.63, 3.8) is 0 Å². The number of fused-ring (bicyclic) bond motifs is 2. The van der Waals surface area contributed by atoms with Gasteiger partial charge in [0.25, 0.3) is 0 Å². The summed E-state index contributed by atoms with van der Waals surface area (Å²) in [5, 5.41) is 9.88. The third-order valence-corrected chi connectivity index (χ3v) is 7.88. The fraction of sp³-hybridized carbons (Fsp3) is 0.720. The lowest BCUT2D eigenvalue weighted by atomic mass is 9.87. The summed E-state index contributed by atoms with van der Waals surface area (Å²) in [6.07, 6.45) is 7.15. The Kier molecular flexibility index (Phi) is 6.32. The minimum Gasteiger partial charge on any atom is -0.490 e. The van der Waals surface area contributed by atoms with E-state index in [1.165, 1.54) is 0 Å². The number of aromatic carboxylic acids is 1. The van der Waals surface area contributed by atoms with Crippen LogP contribution in [0.2, 0.25) is 0 Å². The zero-order valence-corrected chi connectivity index (χ0v) is 19.3. The van der Waals surface area contributed by atoms with E-state index in [9.17, 15) is 9.90 Å². The Morgan fingerprint density at radius 3 is 2.47 bits per heavy atom. The number of morpholine rings is 1. The second-order valence-corrected chi connectivity index (χ2v) is 9.80. The highest BCUT2D eigenvalue weighted by molar-refractivity contribution is 5.92. The van der Waals surface area contributed by atoms with Crippen LogP contribution in [0.3, 0.4) is 0 Å². The van der Waals surface area contributed by atoms with Crippen LogP contribution in [0.25, 0.3) is 0 Å². The minimum atomic E-state index is -0.892. The number of carbonyl (C=O) groups is 1. The quantitative estimate of drug-likeness (QED) is 0.690. The summed E-state index contributed by atoms with van der Waals surface area (Å²) in [5.41, 5.74) is 2.16. The fourth-order valence-electron chi connectivity index (χ4n) is 6.04. The average molecular weight is 445 g/mol. The van der Waals surface area contributed by atoms with Gasteiger partial charge in [0.1, 0.15) is 11.9 Å². The van der Waals surface area contributed by atoms with E-state index in [1.807, 2.05) is 6.92 Å². The fourth-order valence-corrected chi connectivity index (χ4v) is 6.04. The summed E-state index contributed by atoms with van der Waals surface area (Å²) >= 11 is 0. The molecule has 1 saturated carbocycles. The third kappa shape index (κ3) is 4.35. The molecule has 32 heavy (non-hydrogen) atoms. The topological polar surface area (TPSA) is 71.5 Å². The summed E-state index contributed by atoms with van der Waals surface area (Å²) in [6.45, 7) is 8.54. The van der Waals surface area contributed by atoms with Crippen LogP contribution in [0.1, 0.15) is 61.4 Å². The molecule has 7 heteroatoms. The second-order valence-electron chi connectivity index (χ2n) is 9.80. The van der Waals surface area contributed by atoms with Crippen molar-refractivity contribution in [2.24, 2.45) is 0 Å². The number of hydrogen-bond acceptors (Lipinski definition) is 6. The highest BCUT2D eigenvalue weighted by Gasteiger charge is 2.39. The lowest BCUT2D eigenvalue weighted by molar-refractivity contribution is -0.0373. The average Bonchev–Trinajstić information content (AvgIpc) is 3.10. The van der Waals surface area contributed by atoms with Gasteiger partial charge in [-0.3, -0.25) is 4.90 Å². The Balaban J connectivity index is 1.33. The molecule has 1 aliphatic carbocycles. The normalized spacial score (nSPS) is 32.4. The van der Waals surface area contributed by atoms with Crippen molar-refractivity contribution in [2.75, 3.05) is 37.7 Å². The first-order valence-electron chi connectivity index (χ1n) is 12.3. The molecule has 5 rings (SSSR count). The summed E-state index contributed by atoms with van der Waals surface area (Å²) in [6, 6.07) is 4.73. The van der Waals surface area contributed by atoms with E-state index in [1.54, 1.807) is 6.07 Å². The van der Waals surface area contributed by atoms with Gasteiger partial charge in [0.15, 0.2) is 0 Å². The smallest absolute Gasteiger partial charge is 0.336 e. The molecule has 1 aromatic rings. The monoisotopic (exact) mass is 444 g/mol. The molecule has 3 saturated heterocycles. The molecule has 3 aliphatic heterocycles. The molecule has 0 amide bonds. The van der Waals surface area contributed by atoms with Crippen molar-refractivity contribution < 1.29 is 24.1 Å². The Hall–Kier alpha value is -1.83. The van der Waals surface area contributed by atoms with Crippen LogP contribution in [0.5, 0.6) is 5.75 Å². The van der Waals surface area contributed by atoms with Gasteiger partial charge in [0.05, 0.1) is 31.0 Å². The minimum absolute atomic E-state index is 0.147. The van der Waals surface area contributed by atoms with E-state index < -0.39 is 5.97 Å². The first kappa shape index (κ1) is 22.0. The van der Waals surface area contributed by atoms with Gasteiger partial charge in [-0.05, 0) is 51.2 Å². The zero-order chi connectivity index (χ0) is 22.2. The molecular formula is C25H36N2O5. The van der Waals surface area contributed by atoms with Gasteiger partial charge in [-0.2, -0.15) is 0 Å². The molecule has 7 nitrogen and oxygen atoms in total. The van der Waals surface area contributed by atoms with Crippen molar-refractivity contribution in [1.82, 2.24) is 4.90 Å². The summed E-state index contributed by atoms with van der Waals surface area (Å²) < 4.78 is 17.8. The van der Waals surface area contributed by atoms with Crippen LogP contribution in [-0.2, 0) is 9.47 Å². The van der Waals surface area contributed by atoms with E-state index in [0.717, 1.165) is 82.6 Å². The number of nitrogens with zero attached hydrogens (tertiary/aromatic N) is 2. The molecule has 2 bridgehead atoms. The molecule has 4 fully saturated rings. The first-order chi connectivity index (χ1) is 15.5. The largest absolute Gasteiger partial charge is 0.490 e. The zero-order valence-electron chi connectivity index (χ0n) is 19.3. The highest BCUT2D eigenvalue weighted by Crippen LogP contribution is 2.39. The molecule has 0 aromatic heterocycles. The molecular weight excluding hydrogens is 408 g/mol. The molecule has 1 aromatic carbocycles. The van der Waals surface area contributed by atoms with Crippen LogP contribution in [0, 0.1) is 6.92 Å². The Morgan fingerprint density at radius 1 is 1.16 bits per heavy atom. The maximum Gasteiger partial charge on any atom is 0.336 e. The molecule has 3 heterocycles. The number of rotatable bonds is 7. The second kappa shape index (κ2) is 9.20. The van der Waals surface area contributed by atoms with Crippen molar-refractivity contribution in [1.29, 1.82) is 0 Å². The van der Waals surface area contributed by atoms with E-state index in [0.29, 0.717) is 35.6 Å². The molecule has 1 N–H and O–H groups in total. The van der Waals surface area contributed by atoms with Crippen LogP contribution >= 0.6 is 0 Å². The number of carboxylic acids is 1. The van der Waals surface area contributed by atoms with Crippen molar-refractivity contribution in [3.8, 4) is 5.75 Å². The van der Waals surface area contributed by atoms with Crippen LogP contribution in [-0.4, -0.2) is 79.2 Å². The Bertz CT molecular complexity index is 822. The van der Waals surface area contributed by atoms with E-state index >= 15 is 0 Å². The number of ether oxygens (including phenoxy) is 3. The maximum absolute atomic E-state index is 12.0. The molecule has 4 aliphatic rings. The van der Waals surface area contributed by atoms with E-state index in [4.69, 9.17) is 14.2 Å². The molecule has 2 unspecified atom stereocenters. The van der Waals surface area contributed by atoms with Crippen molar-refractivity contribution >= 4 is 11.7 Å². The number of benzene rings is 1. The van der Waals surface area contributed by atoms with Crippen LogP contribution < -0.4 is 9.64 Å². The third-order valence-electron chi connectivity index (χ3n) is 7.88. The van der Waals surface area contributed by atoms with Gasteiger partial charge in [-0.25, -0.2) is 4.79 Å².